The minimum absolute atomic E-state index is 0.0977. The van der Waals surface area contributed by atoms with Gasteiger partial charge in [-0.3, -0.25) is 4.79 Å². The summed E-state index contributed by atoms with van der Waals surface area (Å²) >= 11 is 1.22. The number of para-hydroxylation sites is 1. The van der Waals surface area contributed by atoms with E-state index in [1.165, 1.54) is 17.3 Å². The maximum atomic E-state index is 12.0. The normalized spacial score (nSPS) is 11.3. The molecule has 0 aliphatic heterocycles. The van der Waals surface area contributed by atoms with Gasteiger partial charge in [-0.1, -0.05) is 62.9 Å². The molecule has 0 aliphatic carbocycles. The lowest BCUT2D eigenvalue weighted by atomic mass is 9.87. The van der Waals surface area contributed by atoms with Crippen molar-refractivity contribution in [3.8, 4) is 11.5 Å². The van der Waals surface area contributed by atoms with Gasteiger partial charge in [0, 0.05) is 11.3 Å². The molecule has 0 aliphatic rings. The van der Waals surface area contributed by atoms with E-state index in [0.717, 1.165) is 11.3 Å². The van der Waals surface area contributed by atoms with E-state index in [2.05, 4.69) is 48.4 Å². The van der Waals surface area contributed by atoms with Crippen LogP contribution >= 0.6 is 11.8 Å². The molecule has 0 bridgehead atoms. The van der Waals surface area contributed by atoms with Gasteiger partial charge in [0.25, 0.3) is 5.22 Å². The SMILES string of the molecule is CC(C)(C)c1ccc(-c2nnc(SCC(=O)Nc3ccccc3)o2)cc1. The highest BCUT2D eigenvalue weighted by atomic mass is 32.2. The standard InChI is InChI=1S/C20H21N3O2S/c1-20(2,3)15-11-9-14(10-12-15)18-22-23-19(25-18)26-13-17(24)21-16-7-5-4-6-8-16/h4-12H,13H2,1-3H3,(H,21,24). The molecule has 134 valence electrons. The quantitative estimate of drug-likeness (QED) is 0.658. The molecule has 1 amide bonds. The lowest BCUT2D eigenvalue weighted by molar-refractivity contribution is -0.113. The Morgan fingerprint density at radius 1 is 1.04 bits per heavy atom. The number of carbonyl (C=O) groups is 1. The number of hydrogen-bond acceptors (Lipinski definition) is 5. The molecule has 0 spiro atoms. The Balaban J connectivity index is 1.58. The van der Waals surface area contributed by atoms with Crippen LogP contribution in [0.2, 0.25) is 0 Å². The number of carbonyl (C=O) groups excluding carboxylic acids is 1. The Hall–Kier alpha value is -2.60. The van der Waals surface area contributed by atoms with Crippen LogP contribution in [0.4, 0.5) is 5.69 Å². The molecule has 0 fully saturated rings. The molecule has 0 radical (unpaired) electrons. The summed E-state index contributed by atoms with van der Waals surface area (Å²) < 4.78 is 5.66. The molecule has 2 aromatic carbocycles. The molecule has 0 atom stereocenters. The number of rotatable bonds is 5. The summed E-state index contributed by atoms with van der Waals surface area (Å²) in [5.74, 6) is 0.548. The number of aromatic nitrogens is 2. The Morgan fingerprint density at radius 2 is 1.73 bits per heavy atom. The highest BCUT2D eigenvalue weighted by molar-refractivity contribution is 7.99. The van der Waals surface area contributed by atoms with Gasteiger partial charge in [-0.2, -0.15) is 0 Å². The zero-order valence-corrected chi connectivity index (χ0v) is 15.8. The number of benzene rings is 2. The Bertz CT molecular complexity index is 868. The molecular weight excluding hydrogens is 346 g/mol. The van der Waals surface area contributed by atoms with Crippen molar-refractivity contribution in [3.05, 3.63) is 60.2 Å². The van der Waals surface area contributed by atoms with E-state index in [1.807, 2.05) is 42.5 Å². The van der Waals surface area contributed by atoms with Gasteiger partial charge in [0.1, 0.15) is 0 Å². The van der Waals surface area contributed by atoms with Crippen LogP contribution in [-0.2, 0) is 10.2 Å². The zero-order chi connectivity index (χ0) is 18.6. The topological polar surface area (TPSA) is 68.0 Å². The Labute approximate surface area is 157 Å². The second kappa shape index (κ2) is 7.74. The minimum Gasteiger partial charge on any atom is -0.411 e. The van der Waals surface area contributed by atoms with E-state index in [4.69, 9.17) is 4.42 Å². The second-order valence-electron chi connectivity index (χ2n) is 6.90. The van der Waals surface area contributed by atoms with Gasteiger partial charge in [0.05, 0.1) is 5.75 Å². The summed E-state index contributed by atoms with van der Waals surface area (Å²) in [6.45, 7) is 6.51. The fourth-order valence-electron chi connectivity index (χ4n) is 2.34. The first-order chi connectivity index (χ1) is 12.4. The van der Waals surface area contributed by atoms with Crippen molar-refractivity contribution in [2.45, 2.75) is 31.4 Å². The molecule has 26 heavy (non-hydrogen) atoms. The lowest BCUT2D eigenvalue weighted by Crippen LogP contribution is -2.13. The smallest absolute Gasteiger partial charge is 0.277 e. The number of nitrogens with one attached hydrogen (secondary N) is 1. The average Bonchev–Trinajstić information content (AvgIpc) is 3.09. The van der Waals surface area contributed by atoms with Crippen LogP contribution in [0.1, 0.15) is 26.3 Å². The van der Waals surface area contributed by atoms with Gasteiger partial charge in [-0.15, -0.1) is 10.2 Å². The maximum absolute atomic E-state index is 12.0. The number of thioether (sulfide) groups is 1. The average molecular weight is 367 g/mol. The molecule has 0 saturated heterocycles. The first kappa shape index (κ1) is 18.2. The summed E-state index contributed by atoms with van der Waals surface area (Å²) in [6, 6.07) is 17.4. The van der Waals surface area contributed by atoms with Crippen molar-refractivity contribution in [3.63, 3.8) is 0 Å². The van der Waals surface area contributed by atoms with E-state index >= 15 is 0 Å². The number of amides is 1. The molecule has 1 aromatic heterocycles. The number of hydrogen-bond donors (Lipinski definition) is 1. The summed E-state index contributed by atoms with van der Waals surface area (Å²) in [5, 5.41) is 11.3. The van der Waals surface area contributed by atoms with Crippen LogP contribution in [0.25, 0.3) is 11.5 Å². The van der Waals surface area contributed by atoms with Crippen LogP contribution in [0.15, 0.2) is 64.2 Å². The lowest BCUT2D eigenvalue weighted by Gasteiger charge is -2.18. The predicted octanol–water partition coefficient (Wildman–Crippen LogP) is 4.76. The van der Waals surface area contributed by atoms with E-state index < -0.39 is 0 Å². The van der Waals surface area contributed by atoms with E-state index in [9.17, 15) is 4.79 Å². The van der Waals surface area contributed by atoms with Gasteiger partial charge < -0.3 is 9.73 Å². The van der Waals surface area contributed by atoms with Crippen molar-refractivity contribution in [2.75, 3.05) is 11.1 Å². The Kier molecular flexibility index (Phi) is 5.42. The monoisotopic (exact) mass is 367 g/mol. The molecular formula is C20H21N3O2S. The van der Waals surface area contributed by atoms with Crippen molar-refractivity contribution < 1.29 is 9.21 Å². The third-order valence-electron chi connectivity index (χ3n) is 3.79. The molecule has 3 aromatic rings. The fraction of sp³-hybridized carbons (Fsp3) is 0.250. The van der Waals surface area contributed by atoms with Gasteiger partial charge in [0.2, 0.25) is 11.8 Å². The highest BCUT2D eigenvalue weighted by Gasteiger charge is 2.15. The van der Waals surface area contributed by atoms with Crippen molar-refractivity contribution in [1.82, 2.24) is 10.2 Å². The molecule has 1 N–H and O–H groups in total. The summed E-state index contributed by atoms with van der Waals surface area (Å²) in [5.41, 5.74) is 2.97. The molecule has 0 unspecified atom stereocenters. The second-order valence-corrected chi connectivity index (χ2v) is 7.83. The summed E-state index contributed by atoms with van der Waals surface area (Å²) in [7, 11) is 0. The van der Waals surface area contributed by atoms with Crippen LogP contribution in [-0.4, -0.2) is 21.9 Å². The molecule has 1 heterocycles. The minimum atomic E-state index is -0.115. The molecule has 0 saturated carbocycles. The predicted molar refractivity (Wildman–Crippen MR) is 104 cm³/mol. The van der Waals surface area contributed by atoms with Gasteiger partial charge in [-0.25, -0.2) is 0 Å². The highest BCUT2D eigenvalue weighted by Crippen LogP contribution is 2.27. The fourth-order valence-corrected chi connectivity index (χ4v) is 2.91. The van der Waals surface area contributed by atoms with E-state index in [1.54, 1.807) is 0 Å². The molecule has 5 nitrogen and oxygen atoms in total. The first-order valence-electron chi connectivity index (χ1n) is 8.34. The van der Waals surface area contributed by atoms with E-state index in [-0.39, 0.29) is 17.1 Å². The van der Waals surface area contributed by atoms with Crippen LogP contribution in [0.3, 0.4) is 0 Å². The van der Waals surface area contributed by atoms with Crippen molar-refractivity contribution >= 4 is 23.4 Å². The van der Waals surface area contributed by atoms with Crippen LogP contribution in [0, 0.1) is 0 Å². The summed E-state index contributed by atoms with van der Waals surface area (Å²) in [6.07, 6.45) is 0. The molecule has 3 rings (SSSR count). The van der Waals surface area contributed by atoms with Crippen molar-refractivity contribution in [2.24, 2.45) is 0 Å². The largest absolute Gasteiger partial charge is 0.411 e. The zero-order valence-electron chi connectivity index (χ0n) is 15.0. The molecule has 6 heteroatoms. The van der Waals surface area contributed by atoms with E-state index in [0.29, 0.717) is 11.1 Å². The maximum Gasteiger partial charge on any atom is 0.277 e. The third kappa shape index (κ3) is 4.73. The first-order valence-corrected chi connectivity index (χ1v) is 9.32. The van der Waals surface area contributed by atoms with Gasteiger partial charge in [-0.05, 0) is 35.2 Å². The van der Waals surface area contributed by atoms with Crippen LogP contribution in [0.5, 0.6) is 0 Å². The number of nitrogens with zero attached hydrogens (tertiary/aromatic N) is 2. The van der Waals surface area contributed by atoms with Crippen molar-refractivity contribution in [1.29, 1.82) is 0 Å². The van der Waals surface area contributed by atoms with Gasteiger partial charge in [0.15, 0.2) is 0 Å². The van der Waals surface area contributed by atoms with Gasteiger partial charge >= 0.3 is 0 Å². The number of anilines is 1. The van der Waals surface area contributed by atoms with Crippen LogP contribution < -0.4 is 5.32 Å². The summed E-state index contributed by atoms with van der Waals surface area (Å²) in [4.78, 5) is 12.0. The Morgan fingerprint density at radius 3 is 2.38 bits per heavy atom. The third-order valence-corrected chi connectivity index (χ3v) is 4.61.